The van der Waals surface area contributed by atoms with Crippen LogP contribution in [0.15, 0.2) is 71.7 Å². The van der Waals surface area contributed by atoms with E-state index in [1.54, 1.807) is 23.1 Å². The Balaban J connectivity index is 1.28. The topological polar surface area (TPSA) is 71.3 Å². The highest BCUT2D eigenvalue weighted by molar-refractivity contribution is 7.98. The first-order valence-electron chi connectivity index (χ1n) is 11.0. The van der Waals surface area contributed by atoms with E-state index in [9.17, 15) is 0 Å². The molecule has 2 aromatic heterocycles. The van der Waals surface area contributed by atoms with E-state index in [4.69, 9.17) is 19.2 Å². The predicted molar refractivity (Wildman–Crippen MR) is 134 cm³/mol. The van der Waals surface area contributed by atoms with Crippen LogP contribution in [0.25, 0.3) is 10.6 Å². The van der Waals surface area contributed by atoms with Crippen LogP contribution in [0.2, 0.25) is 0 Å². The summed E-state index contributed by atoms with van der Waals surface area (Å²) in [4.78, 5) is 4.80. The van der Waals surface area contributed by atoms with Gasteiger partial charge in [-0.1, -0.05) is 30.0 Å². The molecule has 0 fully saturated rings. The smallest absolute Gasteiger partial charge is 0.192 e. The molecule has 1 unspecified atom stereocenters. The normalized spacial score (nSPS) is 14.7. The Hall–Kier alpha value is -3.30. The van der Waals surface area contributed by atoms with E-state index in [0.29, 0.717) is 31.3 Å². The van der Waals surface area contributed by atoms with E-state index in [2.05, 4.69) is 22.2 Å². The van der Waals surface area contributed by atoms with Crippen molar-refractivity contribution >= 4 is 23.1 Å². The van der Waals surface area contributed by atoms with Gasteiger partial charge in [-0.2, -0.15) is 0 Å². The molecule has 0 bridgehead atoms. The molecular weight excluding hydrogens is 468 g/mol. The maximum atomic E-state index is 6.15. The van der Waals surface area contributed by atoms with Crippen molar-refractivity contribution in [3.05, 3.63) is 78.1 Å². The molecule has 1 aliphatic rings. The Labute approximate surface area is 206 Å². The maximum Gasteiger partial charge on any atom is 0.192 e. The second-order valence-electron chi connectivity index (χ2n) is 7.49. The fourth-order valence-corrected chi connectivity index (χ4v) is 5.38. The van der Waals surface area contributed by atoms with Gasteiger partial charge >= 0.3 is 0 Å². The summed E-state index contributed by atoms with van der Waals surface area (Å²) in [7, 11) is 0. The number of thioether (sulfide) groups is 1. The van der Waals surface area contributed by atoms with E-state index < -0.39 is 0 Å². The van der Waals surface area contributed by atoms with Gasteiger partial charge in [0.25, 0.3) is 0 Å². The summed E-state index contributed by atoms with van der Waals surface area (Å²) < 4.78 is 19.6. The minimum absolute atomic E-state index is 0.331. The minimum Gasteiger partial charge on any atom is -0.494 e. The molecular formula is C25H24N4O3S2. The Kier molecular flexibility index (Phi) is 6.82. The van der Waals surface area contributed by atoms with Gasteiger partial charge < -0.3 is 14.2 Å². The van der Waals surface area contributed by atoms with Crippen molar-refractivity contribution in [2.24, 2.45) is 0 Å². The van der Waals surface area contributed by atoms with Gasteiger partial charge in [0.2, 0.25) is 0 Å². The Morgan fingerprint density at radius 1 is 1.18 bits per heavy atom. The number of rotatable bonds is 9. The van der Waals surface area contributed by atoms with Crippen molar-refractivity contribution in [2.75, 3.05) is 13.2 Å². The van der Waals surface area contributed by atoms with Crippen LogP contribution in [0.1, 0.15) is 24.5 Å². The van der Waals surface area contributed by atoms with Crippen molar-refractivity contribution in [1.82, 2.24) is 19.7 Å². The Morgan fingerprint density at radius 3 is 2.79 bits per heavy atom. The van der Waals surface area contributed by atoms with Crippen LogP contribution in [0, 0.1) is 0 Å². The second kappa shape index (κ2) is 10.3. The van der Waals surface area contributed by atoms with E-state index in [1.807, 2.05) is 66.1 Å². The van der Waals surface area contributed by atoms with Crippen LogP contribution in [0.3, 0.4) is 0 Å². The average molecular weight is 493 g/mol. The fourth-order valence-electron chi connectivity index (χ4n) is 3.60. The number of para-hydroxylation sites is 2. The highest BCUT2D eigenvalue weighted by Crippen LogP contribution is 2.36. The third-order valence-electron chi connectivity index (χ3n) is 5.17. The molecule has 3 heterocycles. The van der Waals surface area contributed by atoms with Crippen LogP contribution < -0.4 is 14.2 Å². The molecule has 0 aliphatic carbocycles. The zero-order chi connectivity index (χ0) is 23.3. The summed E-state index contributed by atoms with van der Waals surface area (Å²) in [6.45, 7) is 7.50. The summed E-state index contributed by atoms with van der Waals surface area (Å²) in [5.74, 6) is 3.74. The van der Waals surface area contributed by atoms with Gasteiger partial charge in [-0.3, -0.25) is 4.57 Å². The summed E-state index contributed by atoms with van der Waals surface area (Å²) in [6.07, 6.45) is 1.50. The lowest BCUT2D eigenvalue weighted by Gasteiger charge is -2.26. The zero-order valence-corrected chi connectivity index (χ0v) is 20.3. The molecule has 0 spiro atoms. The number of fused-ring (bicyclic) bond motifs is 1. The Bertz CT molecular complexity index is 1270. The Morgan fingerprint density at radius 2 is 2.00 bits per heavy atom. The number of nitrogens with zero attached hydrogens (tertiary/aromatic N) is 4. The number of thiazole rings is 1. The van der Waals surface area contributed by atoms with Gasteiger partial charge in [0.15, 0.2) is 28.6 Å². The molecule has 2 aromatic carbocycles. The molecule has 0 saturated heterocycles. The average Bonchev–Trinajstić information content (AvgIpc) is 3.51. The molecule has 4 aromatic rings. The standard InChI is InChI=1S/C25H24N4O3S2/c1-3-13-29-23(22-14-31-20-7-5-6-8-21(20)32-22)27-28-25(29)34-16-18-15-33-24(26-18)17-9-11-19(12-10-17)30-4-2/h3,5-12,15,22H,1,4,13-14,16H2,2H3. The molecule has 0 N–H and O–H groups in total. The quantitative estimate of drug-likeness (QED) is 0.216. The van der Waals surface area contributed by atoms with Crippen LogP contribution >= 0.6 is 23.1 Å². The first-order chi connectivity index (χ1) is 16.7. The number of ether oxygens (including phenoxy) is 3. The third-order valence-corrected chi connectivity index (χ3v) is 7.11. The number of aromatic nitrogens is 4. The SMILES string of the molecule is C=CCn1c(SCc2csc(-c3ccc(OCC)cc3)n2)nnc1C1COc2ccccc2O1. The molecule has 1 atom stereocenters. The van der Waals surface area contributed by atoms with Crippen LogP contribution in [0.5, 0.6) is 17.2 Å². The summed E-state index contributed by atoms with van der Waals surface area (Å²) in [5.41, 5.74) is 2.08. The van der Waals surface area contributed by atoms with E-state index in [1.165, 1.54) is 0 Å². The van der Waals surface area contributed by atoms with Crippen molar-refractivity contribution in [3.63, 3.8) is 0 Å². The molecule has 7 nitrogen and oxygen atoms in total. The molecule has 9 heteroatoms. The first-order valence-corrected chi connectivity index (χ1v) is 12.8. The number of allylic oxidation sites excluding steroid dienone is 1. The molecule has 5 rings (SSSR count). The van der Waals surface area contributed by atoms with Gasteiger partial charge in [0, 0.05) is 23.2 Å². The van der Waals surface area contributed by atoms with Crippen LogP contribution in [-0.2, 0) is 12.3 Å². The molecule has 34 heavy (non-hydrogen) atoms. The zero-order valence-electron chi connectivity index (χ0n) is 18.7. The largest absolute Gasteiger partial charge is 0.494 e. The fraction of sp³-hybridized carbons (Fsp3) is 0.240. The monoisotopic (exact) mass is 492 g/mol. The summed E-state index contributed by atoms with van der Waals surface area (Å²) in [5, 5.41) is 12.7. The highest BCUT2D eigenvalue weighted by Gasteiger charge is 2.28. The summed E-state index contributed by atoms with van der Waals surface area (Å²) in [6, 6.07) is 15.7. The summed E-state index contributed by atoms with van der Waals surface area (Å²) >= 11 is 3.23. The number of hydrogen-bond acceptors (Lipinski definition) is 8. The van der Waals surface area contributed by atoms with Crippen LogP contribution in [-0.4, -0.2) is 33.0 Å². The second-order valence-corrected chi connectivity index (χ2v) is 9.29. The third kappa shape index (κ3) is 4.80. The lowest BCUT2D eigenvalue weighted by Crippen LogP contribution is -2.25. The van der Waals surface area contributed by atoms with Gasteiger partial charge in [0.1, 0.15) is 17.4 Å². The molecule has 0 saturated carbocycles. The lowest BCUT2D eigenvalue weighted by molar-refractivity contribution is 0.0821. The van der Waals surface area contributed by atoms with E-state index in [-0.39, 0.29) is 6.10 Å². The molecule has 174 valence electrons. The van der Waals surface area contributed by atoms with Gasteiger partial charge in [0.05, 0.1) is 12.3 Å². The molecule has 0 amide bonds. The molecule has 0 radical (unpaired) electrons. The first kappa shape index (κ1) is 22.5. The highest BCUT2D eigenvalue weighted by atomic mass is 32.2. The van der Waals surface area contributed by atoms with Crippen molar-refractivity contribution in [2.45, 2.75) is 30.5 Å². The van der Waals surface area contributed by atoms with E-state index >= 15 is 0 Å². The van der Waals surface area contributed by atoms with Crippen molar-refractivity contribution in [1.29, 1.82) is 0 Å². The number of benzene rings is 2. The van der Waals surface area contributed by atoms with Crippen molar-refractivity contribution in [3.8, 4) is 27.8 Å². The number of hydrogen-bond donors (Lipinski definition) is 0. The minimum atomic E-state index is -0.331. The van der Waals surface area contributed by atoms with E-state index in [0.717, 1.165) is 38.7 Å². The van der Waals surface area contributed by atoms with Gasteiger partial charge in [-0.15, -0.1) is 28.1 Å². The predicted octanol–water partition coefficient (Wildman–Crippen LogP) is 5.79. The van der Waals surface area contributed by atoms with Crippen molar-refractivity contribution < 1.29 is 14.2 Å². The van der Waals surface area contributed by atoms with Gasteiger partial charge in [-0.05, 0) is 43.3 Å². The maximum absolute atomic E-state index is 6.15. The van der Waals surface area contributed by atoms with Gasteiger partial charge in [-0.25, -0.2) is 4.98 Å². The molecule has 1 aliphatic heterocycles. The lowest BCUT2D eigenvalue weighted by atomic mass is 10.2. The van der Waals surface area contributed by atoms with Crippen LogP contribution in [0.4, 0.5) is 0 Å².